The van der Waals surface area contributed by atoms with Crippen LogP contribution in [0.15, 0.2) is 73.3 Å². The minimum Gasteiger partial charge on any atom is -0.399 e. The molecular formula is C20H16N6. The molecule has 1 heterocycles. The summed E-state index contributed by atoms with van der Waals surface area (Å²) < 4.78 is 1.84. The van der Waals surface area contributed by atoms with Crippen molar-refractivity contribution in [2.24, 2.45) is 0 Å². The number of nitrogens with two attached hydrogens (primary N) is 1. The van der Waals surface area contributed by atoms with Gasteiger partial charge in [0.05, 0.1) is 23.9 Å². The van der Waals surface area contributed by atoms with Gasteiger partial charge in [-0.1, -0.05) is 36.4 Å². The van der Waals surface area contributed by atoms with Crippen LogP contribution in [0.5, 0.6) is 0 Å². The Morgan fingerprint density at radius 2 is 1.62 bits per heavy atom. The Morgan fingerprint density at radius 1 is 0.923 bits per heavy atom. The molecule has 0 unspecified atom stereocenters. The SMILES string of the molecule is N#Cc1ccc(N(Cc2ccc(N)cc2)n2cnnc2)c2ccccc12. The Labute approximate surface area is 150 Å². The van der Waals surface area contributed by atoms with E-state index in [2.05, 4.69) is 21.3 Å². The van der Waals surface area contributed by atoms with Gasteiger partial charge >= 0.3 is 0 Å². The Morgan fingerprint density at radius 3 is 2.31 bits per heavy atom. The molecule has 1 aromatic heterocycles. The van der Waals surface area contributed by atoms with Crippen molar-refractivity contribution in [2.45, 2.75) is 6.54 Å². The topological polar surface area (TPSA) is 83.8 Å². The molecule has 0 radical (unpaired) electrons. The number of hydrogen-bond acceptors (Lipinski definition) is 5. The molecule has 3 aromatic carbocycles. The number of aromatic nitrogens is 3. The number of anilines is 2. The summed E-state index contributed by atoms with van der Waals surface area (Å²) in [5, 5.41) is 21.3. The minimum absolute atomic E-state index is 0.605. The number of fused-ring (bicyclic) bond motifs is 1. The lowest BCUT2D eigenvalue weighted by Crippen LogP contribution is -2.28. The molecule has 0 spiro atoms. The molecular weight excluding hydrogens is 324 g/mol. The summed E-state index contributed by atoms with van der Waals surface area (Å²) in [6.07, 6.45) is 3.31. The van der Waals surface area contributed by atoms with E-state index >= 15 is 0 Å². The van der Waals surface area contributed by atoms with Gasteiger partial charge in [-0.3, -0.25) is 5.01 Å². The first-order valence-electron chi connectivity index (χ1n) is 8.15. The van der Waals surface area contributed by atoms with E-state index in [9.17, 15) is 5.26 Å². The average molecular weight is 340 g/mol. The lowest BCUT2D eigenvalue weighted by atomic mass is 10.0. The number of nitrogens with zero attached hydrogens (tertiary/aromatic N) is 5. The maximum absolute atomic E-state index is 9.41. The minimum atomic E-state index is 0.605. The Kier molecular flexibility index (Phi) is 3.96. The molecule has 2 N–H and O–H groups in total. The first kappa shape index (κ1) is 15.7. The van der Waals surface area contributed by atoms with Crippen molar-refractivity contribution >= 4 is 22.1 Å². The predicted molar refractivity (Wildman–Crippen MR) is 101 cm³/mol. The van der Waals surface area contributed by atoms with E-state index in [4.69, 9.17) is 5.73 Å². The molecule has 4 aromatic rings. The van der Waals surface area contributed by atoms with Crippen molar-refractivity contribution < 1.29 is 0 Å². The second kappa shape index (κ2) is 6.57. The van der Waals surface area contributed by atoms with Crippen molar-refractivity contribution in [1.82, 2.24) is 14.9 Å². The Bertz CT molecular complexity index is 1080. The van der Waals surface area contributed by atoms with Crippen molar-refractivity contribution in [1.29, 1.82) is 5.26 Å². The van der Waals surface area contributed by atoms with E-state index in [-0.39, 0.29) is 0 Å². The third kappa shape index (κ3) is 2.82. The fourth-order valence-corrected chi connectivity index (χ4v) is 3.01. The molecule has 0 aliphatic carbocycles. The van der Waals surface area contributed by atoms with Crippen molar-refractivity contribution in [3.05, 3.63) is 84.4 Å². The molecule has 126 valence electrons. The second-order valence-electron chi connectivity index (χ2n) is 5.93. The molecule has 4 rings (SSSR count). The molecule has 0 bridgehead atoms. The highest BCUT2D eigenvalue weighted by Gasteiger charge is 2.15. The highest BCUT2D eigenvalue weighted by Crippen LogP contribution is 2.30. The summed E-state index contributed by atoms with van der Waals surface area (Å²) in [5.74, 6) is 0. The summed E-state index contributed by atoms with van der Waals surface area (Å²) in [7, 11) is 0. The van der Waals surface area contributed by atoms with Gasteiger partial charge in [0.15, 0.2) is 0 Å². The number of nitriles is 1. The normalized spacial score (nSPS) is 10.6. The fraction of sp³-hybridized carbons (Fsp3) is 0.0500. The number of hydrogen-bond donors (Lipinski definition) is 1. The van der Waals surface area contributed by atoms with E-state index in [1.807, 2.05) is 65.3 Å². The van der Waals surface area contributed by atoms with Crippen LogP contribution < -0.4 is 10.7 Å². The lowest BCUT2D eigenvalue weighted by molar-refractivity contribution is 0.688. The van der Waals surface area contributed by atoms with Crippen molar-refractivity contribution in [3.8, 4) is 6.07 Å². The van der Waals surface area contributed by atoms with E-state index in [1.54, 1.807) is 12.7 Å². The average Bonchev–Trinajstić information content (AvgIpc) is 3.21. The first-order valence-corrected chi connectivity index (χ1v) is 8.15. The number of nitrogen functional groups attached to an aromatic ring is 1. The van der Waals surface area contributed by atoms with Crippen LogP contribution >= 0.6 is 0 Å². The molecule has 26 heavy (non-hydrogen) atoms. The standard InChI is InChI=1S/C20H16N6/c21-11-16-7-10-20(19-4-2-1-3-18(16)19)26(25-13-23-24-14-25)12-15-5-8-17(22)9-6-15/h1-10,13-14H,12,22H2. The maximum Gasteiger partial charge on any atom is 0.139 e. The van der Waals surface area contributed by atoms with Crippen LogP contribution in [-0.4, -0.2) is 14.9 Å². The molecule has 0 aliphatic heterocycles. The van der Waals surface area contributed by atoms with Gasteiger partial charge in [0.1, 0.15) is 12.7 Å². The highest BCUT2D eigenvalue weighted by molar-refractivity contribution is 5.97. The molecule has 0 saturated heterocycles. The summed E-state index contributed by atoms with van der Waals surface area (Å²) in [6, 6.07) is 21.7. The number of rotatable bonds is 4. The van der Waals surface area contributed by atoms with Crippen LogP contribution in [0.25, 0.3) is 10.8 Å². The van der Waals surface area contributed by atoms with Gasteiger partial charge in [-0.15, -0.1) is 10.2 Å². The van der Waals surface area contributed by atoms with Gasteiger partial charge in [-0.05, 0) is 29.8 Å². The van der Waals surface area contributed by atoms with Gasteiger partial charge < -0.3 is 5.73 Å². The summed E-state index contributed by atoms with van der Waals surface area (Å²) in [5.41, 5.74) is 9.25. The third-order valence-electron chi connectivity index (χ3n) is 4.30. The fourth-order valence-electron chi connectivity index (χ4n) is 3.01. The van der Waals surface area contributed by atoms with E-state index in [0.717, 1.165) is 27.7 Å². The summed E-state index contributed by atoms with van der Waals surface area (Å²) in [4.78, 5) is 0. The van der Waals surface area contributed by atoms with E-state index in [1.165, 1.54) is 0 Å². The van der Waals surface area contributed by atoms with Crippen molar-refractivity contribution in [2.75, 3.05) is 10.7 Å². The Balaban J connectivity index is 1.86. The van der Waals surface area contributed by atoms with Crippen LogP contribution in [0.4, 0.5) is 11.4 Å². The molecule has 0 amide bonds. The molecule has 6 heteroatoms. The van der Waals surface area contributed by atoms with Crippen LogP contribution in [0.1, 0.15) is 11.1 Å². The zero-order valence-electron chi connectivity index (χ0n) is 13.9. The lowest BCUT2D eigenvalue weighted by Gasteiger charge is -2.26. The smallest absolute Gasteiger partial charge is 0.139 e. The largest absolute Gasteiger partial charge is 0.399 e. The molecule has 0 aliphatic rings. The van der Waals surface area contributed by atoms with E-state index < -0.39 is 0 Å². The maximum atomic E-state index is 9.41. The predicted octanol–water partition coefficient (Wildman–Crippen LogP) is 3.36. The summed E-state index contributed by atoms with van der Waals surface area (Å²) in [6.45, 7) is 0.605. The molecule has 0 fully saturated rings. The van der Waals surface area contributed by atoms with Gasteiger partial charge in [0.25, 0.3) is 0 Å². The van der Waals surface area contributed by atoms with Crippen molar-refractivity contribution in [3.63, 3.8) is 0 Å². The molecule has 0 saturated carbocycles. The monoisotopic (exact) mass is 340 g/mol. The Hall–Kier alpha value is -3.85. The molecule has 6 nitrogen and oxygen atoms in total. The quantitative estimate of drug-likeness (QED) is 0.576. The summed E-state index contributed by atoms with van der Waals surface area (Å²) >= 11 is 0. The van der Waals surface area contributed by atoms with Crippen LogP contribution in [-0.2, 0) is 6.54 Å². The van der Waals surface area contributed by atoms with Crippen LogP contribution in [0.2, 0.25) is 0 Å². The van der Waals surface area contributed by atoms with Gasteiger partial charge in [-0.25, -0.2) is 4.68 Å². The second-order valence-corrected chi connectivity index (χ2v) is 5.93. The number of benzene rings is 3. The first-order chi connectivity index (χ1) is 12.8. The molecule has 0 atom stereocenters. The third-order valence-corrected chi connectivity index (χ3v) is 4.30. The van der Waals surface area contributed by atoms with Gasteiger partial charge in [0.2, 0.25) is 0 Å². The zero-order chi connectivity index (χ0) is 17.9. The zero-order valence-corrected chi connectivity index (χ0v) is 13.9. The van der Waals surface area contributed by atoms with Gasteiger partial charge in [0, 0.05) is 16.5 Å². The highest BCUT2D eigenvalue weighted by atomic mass is 15.6. The van der Waals surface area contributed by atoms with E-state index in [0.29, 0.717) is 12.1 Å². The van der Waals surface area contributed by atoms with Gasteiger partial charge in [-0.2, -0.15) is 5.26 Å². The van der Waals surface area contributed by atoms with Crippen LogP contribution in [0.3, 0.4) is 0 Å². The van der Waals surface area contributed by atoms with Crippen LogP contribution in [0, 0.1) is 11.3 Å².